The molecule has 0 fully saturated rings. The molecule has 0 atom stereocenters. The molecule has 0 spiro atoms. The van der Waals surface area contributed by atoms with Crippen molar-refractivity contribution >= 4 is 28.3 Å². The molecular formula is C17H14ClNO. The van der Waals surface area contributed by atoms with Crippen molar-refractivity contribution in [1.82, 2.24) is 4.98 Å². The summed E-state index contributed by atoms with van der Waals surface area (Å²) in [6.45, 7) is 2.06. The quantitative estimate of drug-likeness (QED) is 0.699. The number of fused-ring (bicyclic) bond motifs is 1. The molecule has 1 aromatic heterocycles. The van der Waals surface area contributed by atoms with Crippen LogP contribution >= 0.6 is 11.6 Å². The summed E-state index contributed by atoms with van der Waals surface area (Å²) in [5, 5.41) is 1.57. The first-order valence-electron chi connectivity index (χ1n) is 6.60. The van der Waals surface area contributed by atoms with Gasteiger partial charge in [0.15, 0.2) is 5.78 Å². The number of hydrogen-bond acceptors (Lipinski definition) is 1. The van der Waals surface area contributed by atoms with E-state index < -0.39 is 0 Å². The molecule has 0 aliphatic rings. The summed E-state index contributed by atoms with van der Waals surface area (Å²) in [6.07, 6.45) is 2.60. The number of ketones is 1. The molecule has 3 rings (SSSR count). The van der Waals surface area contributed by atoms with E-state index in [2.05, 4.69) is 11.9 Å². The van der Waals surface area contributed by atoms with Crippen molar-refractivity contribution in [2.45, 2.75) is 13.3 Å². The van der Waals surface area contributed by atoms with Crippen molar-refractivity contribution < 1.29 is 4.79 Å². The van der Waals surface area contributed by atoms with Gasteiger partial charge in [0.1, 0.15) is 0 Å². The molecule has 0 saturated carbocycles. The van der Waals surface area contributed by atoms with Crippen molar-refractivity contribution in [3.63, 3.8) is 0 Å². The molecular weight excluding hydrogens is 270 g/mol. The van der Waals surface area contributed by atoms with E-state index in [1.165, 1.54) is 0 Å². The number of H-pyrrole nitrogens is 1. The molecule has 100 valence electrons. The lowest BCUT2D eigenvalue weighted by atomic mass is 9.97. The van der Waals surface area contributed by atoms with Gasteiger partial charge in [0.25, 0.3) is 0 Å². The summed E-state index contributed by atoms with van der Waals surface area (Å²) < 4.78 is 0. The zero-order valence-electron chi connectivity index (χ0n) is 11.1. The first kappa shape index (κ1) is 12.9. The molecule has 1 N–H and O–H groups in total. The summed E-state index contributed by atoms with van der Waals surface area (Å²) in [6, 6.07) is 13.3. The second-order valence-electron chi connectivity index (χ2n) is 4.73. The number of aromatic nitrogens is 1. The minimum Gasteiger partial charge on any atom is -0.360 e. The Bertz CT molecular complexity index is 789. The van der Waals surface area contributed by atoms with Crippen LogP contribution in [0, 0.1) is 0 Å². The van der Waals surface area contributed by atoms with Gasteiger partial charge in [-0.15, -0.1) is 0 Å². The van der Waals surface area contributed by atoms with E-state index >= 15 is 0 Å². The highest BCUT2D eigenvalue weighted by Crippen LogP contribution is 2.25. The Hall–Kier alpha value is -2.06. The highest BCUT2D eigenvalue weighted by atomic mass is 35.5. The summed E-state index contributed by atoms with van der Waals surface area (Å²) in [4.78, 5) is 15.8. The van der Waals surface area contributed by atoms with Gasteiger partial charge < -0.3 is 4.98 Å². The molecule has 2 aromatic carbocycles. The van der Waals surface area contributed by atoms with Crippen LogP contribution in [0.2, 0.25) is 5.02 Å². The number of carbonyl (C=O) groups is 1. The molecule has 2 nitrogen and oxygen atoms in total. The zero-order chi connectivity index (χ0) is 14.1. The molecule has 0 unspecified atom stereocenters. The van der Waals surface area contributed by atoms with Crippen LogP contribution < -0.4 is 0 Å². The summed E-state index contributed by atoms with van der Waals surface area (Å²) in [5.41, 5.74) is 3.42. The van der Waals surface area contributed by atoms with Gasteiger partial charge in [-0.25, -0.2) is 0 Å². The predicted octanol–water partition coefficient (Wildman–Crippen LogP) is 4.61. The fourth-order valence-corrected chi connectivity index (χ4v) is 2.65. The SMILES string of the molecule is CCc1ccccc1C(=O)c1c[nH]c2cc(Cl)ccc12. The van der Waals surface area contributed by atoms with E-state index in [1.807, 2.05) is 36.4 Å². The van der Waals surface area contributed by atoms with Crippen LogP contribution in [0.5, 0.6) is 0 Å². The van der Waals surface area contributed by atoms with E-state index in [1.54, 1.807) is 12.3 Å². The van der Waals surface area contributed by atoms with Gasteiger partial charge in [-0.2, -0.15) is 0 Å². The summed E-state index contributed by atoms with van der Waals surface area (Å²) >= 11 is 5.97. The maximum atomic E-state index is 12.7. The number of carbonyl (C=O) groups excluding carboxylic acids is 1. The largest absolute Gasteiger partial charge is 0.360 e. The molecule has 0 amide bonds. The smallest absolute Gasteiger partial charge is 0.195 e. The summed E-state index contributed by atoms with van der Waals surface area (Å²) in [5.74, 6) is 0.0519. The standard InChI is InChI=1S/C17H14ClNO/c1-2-11-5-3-4-6-13(11)17(20)15-10-19-16-9-12(18)7-8-14(15)16/h3-10,19H,2H2,1H3. The Balaban J connectivity index is 2.13. The lowest BCUT2D eigenvalue weighted by Crippen LogP contribution is -2.04. The van der Waals surface area contributed by atoms with Crippen LogP contribution in [0.15, 0.2) is 48.7 Å². The van der Waals surface area contributed by atoms with E-state index in [-0.39, 0.29) is 5.78 Å². The lowest BCUT2D eigenvalue weighted by molar-refractivity contribution is 0.103. The van der Waals surface area contributed by atoms with Crippen LogP contribution in [0.4, 0.5) is 0 Å². The Morgan fingerprint density at radius 1 is 1.15 bits per heavy atom. The molecule has 3 aromatic rings. The van der Waals surface area contributed by atoms with Gasteiger partial charge in [-0.3, -0.25) is 4.79 Å². The maximum Gasteiger partial charge on any atom is 0.195 e. The third-order valence-corrected chi connectivity index (χ3v) is 3.77. The molecule has 0 bridgehead atoms. The number of hydrogen-bond donors (Lipinski definition) is 1. The van der Waals surface area contributed by atoms with E-state index in [4.69, 9.17) is 11.6 Å². The Morgan fingerprint density at radius 3 is 2.75 bits per heavy atom. The van der Waals surface area contributed by atoms with Gasteiger partial charge in [0, 0.05) is 33.2 Å². The van der Waals surface area contributed by atoms with Crippen LogP contribution in [-0.2, 0) is 6.42 Å². The second kappa shape index (κ2) is 5.14. The van der Waals surface area contributed by atoms with E-state index in [0.29, 0.717) is 10.6 Å². The van der Waals surface area contributed by atoms with Gasteiger partial charge >= 0.3 is 0 Å². The van der Waals surface area contributed by atoms with Crippen molar-refractivity contribution in [3.8, 4) is 0 Å². The third kappa shape index (κ3) is 2.12. The Labute approximate surface area is 122 Å². The molecule has 0 saturated heterocycles. The monoisotopic (exact) mass is 283 g/mol. The van der Waals surface area contributed by atoms with Gasteiger partial charge in [0.2, 0.25) is 0 Å². The predicted molar refractivity (Wildman–Crippen MR) is 82.6 cm³/mol. The van der Waals surface area contributed by atoms with E-state index in [9.17, 15) is 4.79 Å². The van der Waals surface area contributed by atoms with Gasteiger partial charge in [0.05, 0.1) is 0 Å². The summed E-state index contributed by atoms with van der Waals surface area (Å²) in [7, 11) is 0. The number of aryl methyl sites for hydroxylation is 1. The molecule has 0 aliphatic heterocycles. The first-order chi connectivity index (χ1) is 9.70. The molecule has 0 aliphatic carbocycles. The normalized spacial score (nSPS) is 10.9. The topological polar surface area (TPSA) is 32.9 Å². The molecule has 0 radical (unpaired) electrons. The van der Waals surface area contributed by atoms with Crippen LogP contribution in [0.3, 0.4) is 0 Å². The number of benzene rings is 2. The zero-order valence-corrected chi connectivity index (χ0v) is 11.9. The number of rotatable bonds is 3. The Kier molecular flexibility index (Phi) is 3.33. The number of aromatic amines is 1. The minimum absolute atomic E-state index is 0.0519. The maximum absolute atomic E-state index is 12.7. The number of nitrogens with one attached hydrogen (secondary N) is 1. The van der Waals surface area contributed by atoms with Crippen LogP contribution in [-0.4, -0.2) is 10.8 Å². The second-order valence-corrected chi connectivity index (χ2v) is 5.17. The van der Waals surface area contributed by atoms with Crippen molar-refractivity contribution in [2.75, 3.05) is 0 Å². The van der Waals surface area contributed by atoms with Crippen molar-refractivity contribution in [1.29, 1.82) is 0 Å². The molecule has 1 heterocycles. The van der Waals surface area contributed by atoms with Gasteiger partial charge in [-0.1, -0.05) is 48.9 Å². The van der Waals surface area contributed by atoms with E-state index in [0.717, 1.165) is 28.5 Å². The fourth-order valence-electron chi connectivity index (χ4n) is 2.48. The van der Waals surface area contributed by atoms with Crippen LogP contribution in [0.25, 0.3) is 10.9 Å². The van der Waals surface area contributed by atoms with Gasteiger partial charge in [-0.05, 0) is 24.1 Å². The van der Waals surface area contributed by atoms with Crippen molar-refractivity contribution in [3.05, 3.63) is 70.4 Å². The Morgan fingerprint density at radius 2 is 1.95 bits per heavy atom. The number of halogens is 1. The van der Waals surface area contributed by atoms with Crippen molar-refractivity contribution in [2.24, 2.45) is 0 Å². The average molecular weight is 284 g/mol. The first-order valence-corrected chi connectivity index (χ1v) is 6.97. The highest BCUT2D eigenvalue weighted by molar-refractivity contribution is 6.31. The molecule has 3 heteroatoms. The minimum atomic E-state index is 0.0519. The third-order valence-electron chi connectivity index (χ3n) is 3.53. The highest BCUT2D eigenvalue weighted by Gasteiger charge is 2.16. The average Bonchev–Trinajstić information content (AvgIpc) is 2.89. The fraction of sp³-hybridized carbons (Fsp3) is 0.118. The van der Waals surface area contributed by atoms with Crippen LogP contribution in [0.1, 0.15) is 28.4 Å². The molecule has 20 heavy (non-hydrogen) atoms. The lowest BCUT2D eigenvalue weighted by Gasteiger charge is -2.05.